The fraction of sp³-hybridized carbons (Fsp3) is 0.389. The van der Waals surface area contributed by atoms with Crippen molar-refractivity contribution in [1.29, 1.82) is 0 Å². The molecular formula is C54H65N11O10. The summed E-state index contributed by atoms with van der Waals surface area (Å²) in [5, 5.41) is 18.2. The zero-order valence-electron chi connectivity index (χ0n) is 42.4. The van der Waals surface area contributed by atoms with Crippen molar-refractivity contribution in [2.75, 3.05) is 130 Å². The molecule has 7 aromatic rings. The summed E-state index contributed by atoms with van der Waals surface area (Å²) in [6.07, 6.45) is 0. The van der Waals surface area contributed by atoms with E-state index in [1.807, 2.05) is 79.7 Å². The Morgan fingerprint density at radius 3 is 1.85 bits per heavy atom. The number of aryl methyl sites for hydroxylation is 1. The molecule has 1 saturated heterocycles. The zero-order chi connectivity index (χ0) is 52.2. The highest BCUT2D eigenvalue weighted by Crippen LogP contribution is 2.31. The number of imidazole rings is 2. The first-order valence-corrected chi connectivity index (χ1v) is 25.1. The van der Waals surface area contributed by atoms with Gasteiger partial charge in [0.2, 0.25) is 11.8 Å². The molecule has 0 bridgehead atoms. The number of pyridine rings is 2. The van der Waals surface area contributed by atoms with Crippen molar-refractivity contribution in [3.05, 3.63) is 108 Å². The molecule has 0 atom stereocenters. The number of amides is 3. The van der Waals surface area contributed by atoms with Crippen LogP contribution >= 0.6 is 0 Å². The maximum Gasteiger partial charge on any atom is 0.253 e. The van der Waals surface area contributed by atoms with Gasteiger partial charge in [-0.15, -0.1) is 0 Å². The highest BCUT2D eigenvalue weighted by molar-refractivity contribution is 6.07. The summed E-state index contributed by atoms with van der Waals surface area (Å²) in [5.41, 5.74) is 9.34. The summed E-state index contributed by atoms with van der Waals surface area (Å²) in [6, 6.07) is 28.3. The van der Waals surface area contributed by atoms with Crippen LogP contribution in [-0.4, -0.2) is 183 Å². The van der Waals surface area contributed by atoms with Crippen LogP contribution in [0.15, 0.2) is 91.0 Å². The van der Waals surface area contributed by atoms with E-state index in [4.69, 9.17) is 38.4 Å². The van der Waals surface area contributed by atoms with Crippen LogP contribution in [0.1, 0.15) is 21.7 Å². The Bertz CT molecular complexity index is 2960. The van der Waals surface area contributed by atoms with E-state index in [1.165, 1.54) is 0 Å². The first kappa shape index (κ1) is 53.9. The third-order valence-corrected chi connectivity index (χ3v) is 12.0. The zero-order valence-corrected chi connectivity index (χ0v) is 42.4. The number of phenols is 1. The number of rotatable bonds is 29. The lowest BCUT2D eigenvalue weighted by molar-refractivity contribution is -0.127. The second kappa shape index (κ2) is 27.8. The van der Waals surface area contributed by atoms with Gasteiger partial charge in [-0.25, -0.2) is 15.0 Å². The van der Waals surface area contributed by atoms with Crippen molar-refractivity contribution >= 4 is 45.5 Å². The number of aromatic amines is 2. The Balaban J connectivity index is 0.649. The predicted molar refractivity (Wildman–Crippen MR) is 282 cm³/mol. The molecule has 1 fully saturated rings. The molecule has 8 rings (SSSR count). The van der Waals surface area contributed by atoms with Gasteiger partial charge in [0, 0.05) is 68.3 Å². The minimum absolute atomic E-state index is 0.107. The molecule has 75 heavy (non-hydrogen) atoms. The standard InChI is InChI=1S/C54H65N11O10/c1-37-5-3-7-44(58-37)45-8-4-6-40(59-45)34-73-28-25-70-22-15-55-49(67)35-74-29-26-71-23-16-56-50(68)36-75-30-27-72-24-17-57-54(69)43-32-41(65-20-18-64(2)19-21-65)33-48-51(43)63-53(62-48)39-11-14-46-47(31-39)61-52(60-46)38-9-12-42(66)13-10-38/h3-14,31-33,66H,15-30,34-36H2,1-2H3,(H,55,67)(H,56,68)(H,57,69)(H,60,61)(H,62,63). The SMILES string of the molecule is Cc1cccc(-c2cccc(COCCOCCNC(=O)COCCOCCNC(=O)COCCOCCNC(=O)c3cc(N4CCN(C)CC4)cc4[nH]c(-c5ccc6nc(-c7ccc(O)cc7)[nH]c6c5)nc34)n2)n1. The summed E-state index contributed by atoms with van der Waals surface area (Å²) in [5.74, 6) is 0.664. The van der Waals surface area contributed by atoms with Gasteiger partial charge in [0.25, 0.3) is 5.91 Å². The van der Waals surface area contributed by atoms with E-state index < -0.39 is 0 Å². The van der Waals surface area contributed by atoms with Crippen molar-refractivity contribution < 1.29 is 47.9 Å². The number of fused-ring (bicyclic) bond motifs is 2. The van der Waals surface area contributed by atoms with Crippen LogP contribution in [0.4, 0.5) is 5.69 Å². The van der Waals surface area contributed by atoms with Crippen molar-refractivity contribution in [2.24, 2.45) is 0 Å². The minimum atomic E-state index is -0.293. The average molecular weight is 1030 g/mol. The summed E-state index contributed by atoms with van der Waals surface area (Å²) in [4.78, 5) is 68.3. The number of piperazine rings is 1. The van der Waals surface area contributed by atoms with Crippen molar-refractivity contribution in [3.8, 4) is 39.9 Å². The van der Waals surface area contributed by atoms with E-state index in [-0.39, 0.29) is 89.4 Å². The second-order valence-corrected chi connectivity index (χ2v) is 17.8. The quantitative estimate of drug-likeness (QED) is 0.0359. The van der Waals surface area contributed by atoms with Gasteiger partial charge < -0.3 is 69.2 Å². The normalized spacial score (nSPS) is 12.9. The van der Waals surface area contributed by atoms with E-state index in [2.05, 4.69) is 58.8 Å². The van der Waals surface area contributed by atoms with E-state index in [0.29, 0.717) is 55.7 Å². The molecule has 0 saturated carbocycles. The number of carbonyl (C=O) groups is 3. The number of ether oxygens (including phenoxy) is 6. The number of aromatic hydroxyl groups is 1. The molecule has 3 amide bonds. The van der Waals surface area contributed by atoms with Gasteiger partial charge in [0.1, 0.15) is 36.1 Å². The summed E-state index contributed by atoms with van der Waals surface area (Å²) in [7, 11) is 2.10. The van der Waals surface area contributed by atoms with Crippen LogP contribution in [0.3, 0.4) is 0 Å². The number of benzene rings is 3. The number of phenolic OH excluding ortho intramolecular Hbond substituents is 1. The predicted octanol–water partition coefficient (Wildman–Crippen LogP) is 4.26. The van der Waals surface area contributed by atoms with Gasteiger partial charge in [0.05, 0.1) is 105 Å². The highest BCUT2D eigenvalue weighted by Gasteiger charge is 2.21. The first-order valence-electron chi connectivity index (χ1n) is 25.1. The number of hydrogen-bond acceptors (Lipinski definition) is 16. The van der Waals surface area contributed by atoms with Gasteiger partial charge >= 0.3 is 0 Å². The number of nitrogens with one attached hydrogen (secondary N) is 5. The summed E-state index contributed by atoms with van der Waals surface area (Å²) >= 11 is 0. The van der Waals surface area contributed by atoms with Crippen LogP contribution in [0, 0.1) is 6.92 Å². The molecule has 0 aliphatic carbocycles. The van der Waals surface area contributed by atoms with Crippen molar-refractivity contribution in [3.63, 3.8) is 0 Å². The maximum atomic E-state index is 13.8. The number of nitrogens with zero attached hydrogens (tertiary/aromatic N) is 6. The highest BCUT2D eigenvalue weighted by atomic mass is 16.5. The molecule has 21 heteroatoms. The Kier molecular flexibility index (Phi) is 20.0. The molecule has 0 spiro atoms. The molecule has 1 aliphatic rings. The number of H-pyrrole nitrogens is 2. The molecule has 396 valence electrons. The van der Waals surface area contributed by atoms with Gasteiger partial charge in [-0.3, -0.25) is 19.4 Å². The van der Waals surface area contributed by atoms with Crippen LogP contribution < -0.4 is 20.9 Å². The molecule has 0 unspecified atom stereocenters. The van der Waals surface area contributed by atoms with E-state index in [1.54, 1.807) is 12.1 Å². The van der Waals surface area contributed by atoms with Crippen LogP contribution in [0.2, 0.25) is 0 Å². The number of likely N-dealkylation sites (N-methyl/N-ethyl adjacent to an activating group) is 1. The number of aromatic nitrogens is 6. The number of hydrogen-bond donors (Lipinski definition) is 6. The molecular weight excluding hydrogens is 963 g/mol. The van der Waals surface area contributed by atoms with Gasteiger partial charge in [-0.1, -0.05) is 12.1 Å². The average Bonchev–Trinajstić information content (AvgIpc) is 4.06. The topological polar surface area (TPSA) is 253 Å². The largest absolute Gasteiger partial charge is 0.508 e. The van der Waals surface area contributed by atoms with Crippen LogP contribution in [0.25, 0.3) is 56.2 Å². The van der Waals surface area contributed by atoms with Gasteiger partial charge in [0.15, 0.2) is 0 Å². The smallest absolute Gasteiger partial charge is 0.253 e. The molecule has 0 radical (unpaired) electrons. The van der Waals surface area contributed by atoms with Crippen LogP contribution in [0.5, 0.6) is 5.75 Å². The Morgan fingerprint density at radius 2 is 1.17 bits per heavy atom. The summed E-state index contributed by atoms with van der Waals surface area (Å²) in [6.45, 7) is 8.95. The lowest BCUT2D eigenvalue weighted by Crippen LogP contribution is -2.44. The molecule has 4 aromatic heterocycles. The summed E-state index contributed by atoms with van der Waals surface area (Å²) < 4.78 is 33.2. The molecule has 21 nitrogen and oxygen atoms in total. The van der Waals surface area contributed by atoms with Crippen LogP contribution in [-0.2, 0) is 44.6 Å². The second-order valence-electron chi connectivity index (χ2n) is 17.8. The molecule has 6 N–H and O–H groups in total. The molecule has 1 aliphatic heterocycles. The third kappa shape index (κ3) is 16.3. The Labute approximate surface area is 434 Å². The lowest BCUT2D eigenvalue weighted by atomic mass is 10.1. The van der Waals surface area contributed by atoms with Gasteiger partial charge in [-0.05, 0) is 92.8 Å². The maximum absolute atomic E-state index is 13.8. The minimum Gasteiger partial charge on any atom is -0.508 e. The van der Waals surface area contributed by atoms with E-state index in [9.17, 15) is 19.5 Å². The van der Waals surface area contributed by atoms with E-state index >= 15 is 0 Å². The number of carbonyl (C=O) groups excluding carboxylic acids is 3. The van der Waals surface area contributed by atoms with Gasteiger partial charge in [-0.2, -0.15) is 0 Å². The monoisotopic (exact) mass is 1030 g/mol. The molecule has 3 aromatic carbocycles. The Morgan fingerprint density at radius 1 is 0.587 bits per heavy atom. The van der Waals surface area contributed by atoms with E-state index in [0.717, 1.165) is 82.3 Å². The van der Waals surface area contributed by atoms with Crippen molar-refractivity contribution in [2.45, 2.75) is 13.5 Å². The third-order valence-electron chi connectivity index (χ3n) is 12.0. The first-order chi connectivity index (χ1) is 36.6. The number of anilines is 1. The Hall–Kier alpha value is -7.37. The van der Waals surface area contributed by atoms with Crippen molar-refractivity contribution in [1.82, 2.24) is 50.8 Å². The lowest BCUT2D eigenvalue weighted by Gasteiger charge is -2.34. The molecule has 5 heterocycles. The fourth-order valence-electron chi connectivity index (χ4n) is 8.09. The fourth-order valence-corrected chi connectivity index (χ4v) is 8.09.